The summed E-state index contributed by atoms with van der Waals surface area (Å²) in [6.45, 7) is 0. The van der Waals surface area contributed by atoms with Crippen molar-refractivity contribution in [3.8, 4) is 0 Å². The Hall–Kier alpha value is -4.77. The van der Waals surface area contributed by atoms with Crippen LogP contribution in [0, 0.1) is 145 Å². The Labute approximate surface area is 290 Å². The van der Waals surface area contributed by atoms with Crippen molar-refractivity contribution in [1.29, 1.82) is 0 Å². The Balaban J connectivity index is 2.71. The van der Waals surface area contributed by atoms with Gasteiger partial charge in [0.15, 0.2) is 0 Å². The molecule has 0 saturated carbocycles. The van der Waals surface area contributed by atoms with Crippen LogP contribution in [0.2, 0.25) is 0 Å². The van der Waals surface area contributed by atoms with E-state index in [-0.39, 0.29) is 0 Å². The van der Waals surface area contributed by atoms with E-state index < -0.39 is 181 Å². The molecule has 0 nitrogen and oxygen atoms in total. The van der Waals surface area contributed by atoms with Gasteiger partial charge in [0.05, 0.1) is 0 Å². The Kier molecular flexibility index (Phi) is 10.2. The van der Waals surface area contributed by atoms with Gasteiger partial charge in [-0.3, -0.25) is 0 Å². The van der Waals surface area contributed by atoms with Gasteiger partial charge in [0.25, 0.3) is 0 Å². The third kappa shape index (κ3) is 4.75. The van der Waals surface area contributed by atoms with E-state index in [4.69, 9.17) is 0 Å². The molecule has 0 amide bonds. The fraction of sp³-hybridized carbons (Fsp3) is 0. The summed E-state index contributed by atoms with van der Waals surface area (Å²) in [5.41, 5.74) is 0. The molecule has 300 valence electrons. The second-order valence-electron chi connectivity index (χ2n) is 10.7. The predicted octanol–water partition coefficient (Wildman–Crippen LogP) is 7.40. The van der Waals surface area contributed by atoms with Crippen molar-refractivity contribution in [3.05, 3.63) is 145 Å². The van der Waals surface area contributed by atoms with E-state index in [2.05, 4.69) is 0 Å². The maximum absolute atomic E-state index is 16.4. The number of rotatable bonds is 5. The van der Waals surface area contributed by atoms with Crippen LogP contribution in [0.3, 0.4) is 0 Å². The van der Waals surface area contributed by atoms with E-state index in [1.165, 1.54) is 0 Å². The van der Waals surface area contributed by atoms with Gasteiger partial charge in [0, 0.05) is 0 Å². The molecule has 0 heterocycles. The van der Waals surface area contributed by atoms with Gasteiger partial charge in [-0.2, -0.15) is 0 Å². The molecule has 0 N–H and O–H groups in total. The van der Waals surface area contributed by atoms with Crippen molar-refractivity contribution < 1.29 is 110 Å². The third-order valence-electron chi connectivity index (χ3n) is 8.17. The minimum absolute atomic E-state index is 3.73. The summed E-state index contributed by atoms with van der Waals surface area (Å²) >= 11 is -13.0. The number of halogens is 25. The van der Waals surface area contributed by atoms with Gasteiger partial charge in [-0.05, 0) is 0 Å². The van der Waals surface area contributed by atoms with Gasteiger partial charge in [0.1, 0.15) is 0 Å². The first kappa shape index (κ1) is 42.4. The normalized spacial score (nSPS) is 12.8. The number of hydrogen-bond acceptors (Lipinski definition) is 0. The van der Waals surface area contributed by atoms with Crippen LogP contribution in [0.1, 0.15) is 0 Å². The second kappa shape index (κ2) is 13.4. The van der Waals surface area contributed by atoms with Gasteiger partial charge < -0.3 is 0 Å². The molecule has 26 heteroatoms. The zero-order valence-electron chi connectivity index (χ0n) is 24.9. The van der Waals surface area contributed by atoms with Crippen molar-refractivity contribution in [2.24, 2.45) is 0 Å². The molecule has 0 unspecified atom stereocenters. The molecule has 0 atom stereocenters. The first-order valence-corrected chi connectivity index (χ1v) is 22.0. The van der Waals surface area contributed by atoms with Crippen LogP contribution in [0.5, 0.6) is 0 Å². The van der Waals surface area contributed by atoms with Crippen LogP contribution in [-0.4, -0.2) is 18.8 Å². The standard InChI is InChI=1S/5C6F5.Bi/c5*7-2-1-3(8)5(10)6(11)4(2)9;. The zero-order chi connectivity index (χ0) is 42.8. The zero-order valence-corrected chi connectivity index (χ0v) is 28.4. The molecule has 5 aromatic rings. The van der Waals surface area contributed by atoms with Crippen molar-refractivity contribution in [2.45, 2.75) is 0 Å². The van der Waals surface area contributed by atoms with Crippen LogP contribution in [-0.2, 0) is 0 Å². The topological polar surface area (TPSA) is 0 Å². The summed E-state index contributed by atoms with van der Waals surface area (Å²) in [5.74, 6) is -102. The molecule has 0 saturated heterocycles. The van der Waals surface area contributed by atoms with E-state index in [1.54, 1.807) is 0 Å². The van der Waals surface area contributed by atoms with Crippen LogP contribution >= 0.6 is 0 Å². The fourth-order valence-electron chi connectivity index (χ4n) is 6.05. The third-order valence-corrected chi connectivity index (χ3v) is 33.2. The monoisotopic (exact) mass is 1040 g/mol. The van der Waals surface area contributed by atoms with Crippen LogP contribution < -0.4 is 16.4 Å². The van der Waals surface area contributed by atoms with Gasteiger partial charge in [0.2, 0.25) is 0 Å². The molecule has 0 aliphatic carbocycles. The van der Waals surface area contributed by atoms with E-state index >= 15 is 87.8 Å². The average Bonchev–Trinajstić information content (AvgIpc) is 3.16. The Bertz CT molecular complexity index is 2050. The summed E-state index contributed by atoms with van der Waals surface area (Å²) in [7, 11) is 0. The predicted molar refractivity (Wildman–Crippen MR) is 135 cm³/mol. The van der Waals surface area contributed by atoms with Crippen molar-refractivity contribution >= 4 is 35.1 Å². The summed E-state index contributed by atoms with van der Waals surface area (Å²) in [6.07, 6.45) is 0. The molecule has 0 aromatic heterocycles. The summed E-state index contributed by atoms with van der Waals surface area (Å²) in [4.78, 5) is 0. The fourth-order valence-corrected chi connectivity index (χ4v) is 33.8. The molecule has 5 aromatic carbocycles. The van der Waals surface area contributed by atoms with Crippen LogP contribution in [0.4, 0.5) is 110 Å². The van der Waals surface area contributed by atoms with Crippen LogP contribution in [0.25, 0.3) is 0 Å². The van der Waals surface area contributed by atoms with E-state index in [1.807, 2.05) is 0 Å². The number of benzene rings is 5. The summed E-state index contributed by atoms with van der Waals surface area (Å²) < 4.78 is 366. The van der Waals surface area contributed by atoms with Gasteiger partial charge in [-0.1, -0.05) is 0 Å². The molecule has 56 heavy (non-hydrogen) atoms. The van der Waals surface area contributed by atoms with Gasteiger partial charge in [-0.25, -0.2) is 0 Å². The maximum atomic E-state index is 16.4. The molecule has 0 aliphatic rings. The Morgan fingerprint density at radius 3 is 0.286 bits per heavy atom. The quantitative estimate of drug-likeness (QED) is 0.0746. The molecule has 0 bridgehead atoms. The molecular weight excluding hydrogens is 1040 g/mol. The molecular formula is C30BiF25. The van der Waals surface area contributed by atoms with Crippen LogP contribution in [0.15, 0.2) is 0 Å². The molecule has 5 rings (SSSR count). The second-order valence-corrected chi connectivity index (χ2v) is 28.1. The Morgan fingerprint density at radius 1 is 0.125 bits per heavy atom. The first-order chi connectivity index (χ1) is 25.7. The molecule has 0 aliphatic heterocycles. The summed E-state index contributed by atoms with van der Waals surface area (Å²) in [5, 5.41) is 0. The Morgan fingerprint density at radius 2 is 0.196 bits per heavy atom. The van der Waals surface area contributed by atoms with E-state index in [0.717, 1.165) is 0 Å². The molecule has 0 fully saturated rings. The summed E-state index contributed by atoms with van der Waals surface area (Å²) in [6, 6.07) is 0. The van der Waals surface area contributed by atoms with Crippen molar-refractivity contribution in [3.63, 3.8) is 0 Å². The van der Waals surface area contributed by atoms with E-state index in [9.17, 15) is 22.0 Å². The van der Waals surface area contributed by atoms with Gasteiger partial charge >= 0.3 is 290 Å². The average molecular weight is 1040 g/mol. The SMILES string of the molecule is Fc1c(F)c(F)[c]([Bi]([c]2c(F)c(F)c(F)c(F)c2F)([c]2c(F)c(F)c(F)c(F)c2F)([c]2c(F)c(F)c(F)c(F)c2F)[c]2c(F)c(F)c(F)c(F)c2F)c(F)c1F. The van der Waals surface area contributed by atoms with E-state index in [0.29, 0.717) is 0 Å². The minimum atomic E-state index is -13.0. The molecule has 0 spiro atoms. The first-order valence-electron chi connectivity index (χ1n) is 13.3. The van der Waals surface area contributed by atoms with Crippen molar-refractivity contribution in [2.75, 3.05) is 0 Å². The van der Waals surface area contributed by atoms with Gasteiger partial charge in [-0.15, -0.1) is 0 Å². The van der Waals surface area contributed by atoms with Crippen molar-refractivity contribution in [1.82, 2.24) is 0 Å². The number of hydrogen-bond donors (Lipinski definition) is 0. The molecule has 0 radical (unpaired) electrons.